The van der Waals surface area contributed by atoms with Crippen molar-refractivity contribution >= 4 is 5.78 Å². The summed E-state index contributed by atoms with van der Waals surface area (Å²) in [7, 11) is 1.53. The lowest BCUT2D eigenvalue weighted by molar-refractivity contribution is 0.00716. The molecule has 0 aromatic heterocycles. The van der Waals surface area contributed by atoms with Crippen LogP contribution in [0.4, 0.5) is 0 Å². The number of carbonyl (C=O) groups is 1. The van der Waals surface area contributed by atoms with E-state index in [1.807, 2.05) is 6.92 Å². The molecule has 0 radical (unpaired) electrons. The number of hydrogen-bond acceptors (Lipinski definition) is 7. The molecule has 0 spiro atoms. The average Bonchev–Trinajstić information content (AvgIpc) is 2.70. The SMILES string of the molecule is CCc1c(O)cc(O)c(C(=O)c2ccc(OC)cc2)c1CCOCC(O)CO. The molecule has 152 valence electrons. The maximum absolute atomic E-state index is 13.1. The fraction of sp³-hybridized carbons (Fsp3) is 0.381. The zero-order valence-electron chi connectivity index (χ0n) is 16.0. The molecular formula is C21H26O7. The summed E-state index contributed by atoms with van der Waals surface area (Å²) in [4.78, 5) is 13.1. The molecule has 0 saturated carbocycles. The van der Waals surface area contributed by atoms with Crippen LogP contribution in [-0.4, -0.2) is 59.2 Å². The van der Waals surface area contributed by atoms with E-state index in [9.17, 15) is 20.1 Å². The van der Waals surface area contributed by atoms with Gasteiger partial charge in [-0.1, -0.05) is 6.92 Å². The fourth-order valence-corrected chi connectivity index (χ4v) is 3.01. The lowest BCUT2D eigenvalue weighted by Crippen LogP contribution is -2.20. The lowest BCUT2D eigenvalue weighted by Gasteiger charge is -2.17. The minimum Gasteiger partial charge on any atom is -0.508 e. The second-order valence-electron chi connectivity index (χ2n) is 6.32. The standard InChI is InChI=1S/C21H26O7/c1-3-16-17(8-9-28-12-14(23)11-22)20(19(25)10-18(16)24)21(26)13-4-6-15(27-2)7-5-13/h4-7,10,14,22-25H,3,8-9,11-12H2,1-2H3. The van der Waals surface area contributed by atoms with Crippen molar-refractivity contribution in [3.05, 3.63) is 52.6 Å². The van der Waals surface area contributed by atoms with E-state index >= 15 is 0 Å². The van der Waals surface area contributed by atoms with Crippen LogP contribution in [0.3, 0.4) is 0 Å². The molecule has 2 aromatic carbocycles. The summed E-state index contributed by atoms with van der Waals surface area (Å²) in [6, 6.07) is 7.71. The molecule has 0 aliphatic carbocycles. The number of ether oxygens (including phenoxy) is 2. The van der Waals surface area contributed by atoms with E-state index in [0.717, 1.165) is 0 Å². The molecule has 28 heavy (non-hydrogen) atoms. The molecule has 0 saturated heterocycles. The van der Waals surface area contributed by atoms with Gasteiger partial charge in [0.05, 0.1) is 32.5 Å². The highest BCUT2D eigenvalue weighted by atomic mass is 16.5. The Balaban J connectivity index is 2.36. The van der Waals surface area contributed by atoms with Crippen LogP contribution in [-0.2, 0) is 17.6 Å². The first-order valence-corrected chi connectivity index (χ1v) is 9.04. The summed E-state index contributed by atoms with van der Waals surface area (Å²) >= 11 is 0. The quantitative estimate of drug-likeness (QED) is 0.361. The summed E-state index contributed by atoms with van der Waals surface area (Å²) in [6.07, 6.45) is -0.270. The molecule has 0 heterocycles. The second-order valence-corrected chi connectivity index (χ2v) is 6.32. The van der Waals surface area contributed by atoms with Crippen LogP contribution in [0.15, 0.2) is 30.3 Å². The number of rotatable bonds is 10. The molecular weight excluding hydrogens is 364 g/mol. The topological polar surface area (TPSA) is 116 Å². The molecule has 1 unspecified atom stereocenters. The van der Waals surface area contributed by atoms with Gasteiger partial charge in [0.25, 0.3) is 0 Å². The molecule has 0 aliphatic rings. The Bertz CT molecular complexity index is 799. The number of phenols is 2. The number of methoxy groups -OCH3 is 1. The van der Waals surface area contributed by atoms with Gasteiger partial charge in [0.15, 0.2) is 5.78 Å². The van der Waals surface area contributed by atoms with E-state index in [2.05, 4.69) is 0 Å². The predicted molar refractivity (Wildman–Crippen MR) is 103 cm³/mol. The highest BCUT2D eigenvalue weighted by molar-refractivity contribution is 6.12. The normalized spacial score (nSPS) is 12.0. The second kappa shape index (κ2) is 10.1. The first-order chi connectivity index (χ1) is 13.4. The first-order valence-electron chi connectivity index (χ1n) is 9.04. The Labute approximate surface area is 163 Å². The maximum atomic E-state index is 13.1. The maximum Gasteiger partial charge on any atom is 0.197 e. The van der Waals surface area contributed by atoms with Crippen molar-refractivity contribution in [2.24, 2.45) is 0 Å². The highest BCUT2D eigenvalue weighted by Gasteiger charge is 2.23. The van der Waals surface area contributed by atoms with Crippen molar-refractivity contribution in [3.8, 4) is 17.2 Å². The van der Waals surface area contributed by atoms with Gasteiger partial charge in [0.1, 0.15) is 23.4 Å². The molecule has 0 aliphatic heterocycles. The van der Waals surface area contributed by atoms with Crippen molar-refractivity contribution < 1.29 is 34.7 Å². The number of hydrogen-bond donors (Lipinski definition) is 4. The van der Waals surface area contributed by atoms with Crippen molar-refractivity contribution in [3.63, 3.8) is 0 Å². The molecule has 7 heteroatoms. The number of benzene rings is 2. The average molecular weight is 390 g/mol. The van der Waals surface area contributed by atoms with E-state index in [-0.39, 0.29) is 42.5 Å². The minimum atomic E-state index is -0.983. The largest absolute Gasteiger partial charge is 0.508 e. The van der Waals surface area contributed by atoms with Crippen LogP contribution in [0.25, 0.3) is 0 Å². The van der Waals surface area contributed by atoms with Gasteiger partial charge in [-0.25, -0.2) is 0 Å². The van der Waals surface area contributed by atoms with E-state index in [1.165, 1.54) is 13.2 Å². The third-order valence-corrected chi connectivity index (χ3v) is 4.46. The first kappa shape index (κ1) is 21.7. The Kier molecular flexibility index (Phi) is 7.80. The van der Waals surface area contributed by atoms with Crippen molar-refractivity contribution in [2.45, 2.75) is 25.9 Å². The van der Waals surface area contributed by atoms with Gasteiger partial charge < -0.3 is 29.9 Å². The Hall–Kier alpha value is -2.61. The van der Waals surface area contributed by atoms with Crippen LogP contribution in [0.5, 0.6) is 17.2 Å². The smallest absolute Gasteiger partial charge is 0.197 e. The zero-order chi connectivity index (χ0) is 20.7. The van der Waals surface area contributed by atoms with Crippen molar-refractivity contribution in [1.29, 1.82) is 0 Å². The Morgan fingerprint density at radius 3 is 2.36 bits per heavy atom. The summed E-state index contributed by atoms with van der Waals surface area (Å²) in [6.45, 7) is 1.53. The minimum absolute atomic E-state index is 0.0511. The Morgan fingerprint density at radius 2 is 1.79 bits per heavy atom. The molecule has 2 aromatic rings. The van der Waals surface area contributed by atoms with Gasteiger partial charge in [0, 0.05) is 11.6 Å². The summed E-state index contributed by atoms with van der Waals surface area (Å²) < 4.78 is 10.4. The molecule has 2 rings (SSSR count). The number of phenolic OH excluding ortho intramolecular Hbond substituents is 2. The number of ketones is 1. The highest BCUT2D eigenvalue weighted by Crippen LogP contribution is 2.35. The van der Waals surface area contributed by atoms with Crippen LogP contribution in [0.2, 0.25) is 0 Å². The van der Waals surface area contributed by atoms with Crippen LogP contribution in [0, 0.1) is 0 Å². The number of aromatic hydroxyl groups is 2. The van der Waals surface area contributed by atoms with Gasteiger partial charge in [-0.15, -0.1) is 0 Å². The monoisotopic (exact) mass is 390 g/mol. The van der Waals surface area contributed by atoms with Gasteiger partial charge in [-0.3, -0.25) is 4.79 Å². The zero-order valence-corrected chi connectivity index (χ0v) is 16.0. The fourth-order valence-electron chi connectivity index (χ4n) is 3.01. The molecule has 7 nitrogen and oxygen atoms in total. The summed E-state index contributed by atoms with van der Waals surface area (Å²) in [5, 5.41) is 38.8. The van der Waals surface area contributed by atoms with Gasteiger partial charge in [0.2, 0.25) is 0 Å². The summed E-state index contributed by atoms with van der Waals surface area (Å²) in [5.41, 5.74) is 1.55. The van der Waals surface area contributed by atoms with Crippen molar-refractivity contribution in [2.75, 3.05) is 26.9 Å². The van der Waals surface area contributed by atoms with E-state index in [4.69, 9.17) is 14.6 Å². The number of carbonyl (C=O) groups excluding carboxylic acids is 1. The van der Waals surface area contributed by atoms with Crippen LogP contribution >= 0.6 is 0 Å². The lowest BCUT2D eigenvalue weighted by atomic mass is 9.90. The van der Waals surface area contributed by atoms with E-state index in [0.29, 0.717) is 28.9 Å². The van der Waals surface area contributed by atoms with Crippen LogP contribution < -0.4 is 4.74 Å². The van der Waals surface area contributed by atoms with Crippen molar-refractivity contribution in [1.82, 2.24) is 0 Å². The molecule has 0 amide bonds. The molecule has 0 fully saturated rings. The molecule has 1 atom stereocenters. The Morgan fingerprint density at radius 1 is 1.11 bits per heavy atom. The third kappa shape index (κ3) is 5.01. The van der Waals surface area contributed by atoms with E-state index in [1.54, 1.807) is 24.3 Å². The van der Waals surface area contributed by atoms with Gasteiger partial charge >= 0.3 is 0 Å². The summed E-state index contributed by atoms with van der Waals surface area (Å²) in [5.74, 6) is -0.158. The van der Waals surface area contributed by atoms with E-state index < -0.39 is 12.7 Å². The number of aliphatic hydroxyl groups is 2. The van der Waals surface area contributed by atoms with Gasteiger partial charge in [-0.2, -0.15) is 0 Å². The van der Waals surface area contributed by atoms with Crippen LogP contribution in [0.1, 0.15) is 34.0 Å². The van der Waals surface area contributed by atoms with Gasteiger partial charge in [-0.05, 0) is 48.2 Å². The predicted octanol–water partition coefficient (Wildman–Crippen LogP) is 1.81. The number of aliphatic hydroxyl groups excluding tert-OH is 2. The molecule has 4 N–H and O–H groups in total. The molecule has 0 bridgehead atoms. The third-order valence-electron chi connectivity index (χ3n) is 4.46.